The molecule has 1 heterocycles. The van der Waals surface area contributed by atoms with Gasteiger partial charge < -0.3 is 10.0 Å². The van der Waals surface area contributed by atoms with Gasteiger partial charge in [0.15, 0.2) is 17.5 Å². The third-order valence-corrected chi connectivity index (χ3v) is 3.33. The SMILES string of the molecule is O=C(c1ccc(F)c(F)c1F)N1CCCC(CO)C1. The van der Waals surface area contributed by atoms with Crippen molar-refractivity contribution >= 4 is 5.91 Å². The van der Waals surface area contributed by atoms with Gasteiger partial charge in [-0.25, -0.2) is 13.2 Å². The van der Waals surface area contributed by atoms with Gasteiger partial charge in [-0.15, -0.1) is 0 Å². The van der Waals surface area contributed by atoms with Crippen molar-refractivity contribution in [3.05, 3.63) is 35.1 Å². The highest BCUT2D eigenvalue weighted by Crippen LogP contribution is 2.21. The first-order valence-corrected chi connectivity index (χ1v) is 6.08. The van der Waals surface area contributed by atoms with Gasteiger partial charge in [-0.2, -0.15) is 0 Å². The molecular formula is C13H14F3NO2. The lowest BCUT2D eigenvalue weighted by Gasteiger charge is -2.32. The summed E-state index contributed by atoms with van der Waals surface area (Å²) in [5.41, 5.74) is -0.475. The highest BCUT2D eigenvalue weighted by atomic mass is 19.2. The molecule has 1 atom stereocenters. The molecule has 1 N–H and O–H groups in total. The molecule has 1 unspecified atom stereocenters. The zero-order chi connectivity index (χ0) is 14.0. The molecule has 1 aromatic rings. The fraction of sp³-hybridized carbons (Fsp3) is 0.462. The Kier molecular flexibility index (Phi) is 4.09. The number of halogens is 3. The van der Waals surface area contributed by atoms with E-state index in [1.807, 2.05) is 0 Å². The van der Waals surface area contributed by atoms with E-state index in [-0.39, 0.29) is 12.5 Å². The van der Waals surface area contributed by atoms with Crippen LogP contribution in [0, 0.1) is 23.4 Å². The van der Waals surface area contributed by atoms with Crippen LogP contribution in [0.25, 0.3) is 0 Å². The first-order valence-electron chi connectivity index (χ1n) is 6.08. The molecule has 19 heavy (non-hydrogen) atoms. The van der Waals surface area contributed by atoms with Crippen LogP contribution >= 0.6 is 0 Å². The highest BCUT2D eigenvalue weighted by molar-refractivity contribution is 5.94. The molecule has 1 fully saturated rings. The predicted molar refractivity (Wildman–Crippen MR) is 62.0 cm³/mol. The first kappa shape index (κ1) is 13.9. The molecule has 1 aliphatic heterocycles. The lowest BCUT2D eigenvalue weighted by Crippen LogP contribution is -2.41. The summed E-state index contributed by atoms with van der Waals surface area (Å²) < 4.78 is 39.4. The van der Waals surface area contributed by atoms with Crippen LogP contribution in [0.1, 0.15) is 23.2 Å². The normalized spacial score (nSPS) is 19.6. The van der Waals surface area contributed by atoms with Crippen LogP contribution in [-0.4, -0.2) is 35.6 Å². The standard InChI is InChI=1S/C13H14F3NO2/c14-10-4-3-9(11(15)12(10)16)13(19)17-5-1-2-8(6-17)7-18/h3-4,8,18H,1-2,5-7H2. The molecule has 1 saturated heterocycles. The molecule has 0 saturated carbocycles. The topological polar surface area (TPSA) is 40.5 Å². The van der Waals surface area contributed by atoms with E-state index in [1.165, 1.54) is 4.90 Å². The minimum Gasteiger partial charge on any atom is -0.396 e. The average Bonchev–Trinajstić information content (AvgIpc) is 2.44. The maximum Gasteiger partial charge on any atom is 0.256 e. The Bertz CT molecular complexity index is 493. The van der Waals surface area contributed by atoms with E-state index in [1.54, 1.807) is 0 Å². The second-order valence-corrected chi connectivity index (χ2v) is 4.66. The van der Waals surface area contributed by atoms with Crippen LogP contribution < -0.4 is 0 Å². The van der Waals surface area contributed by atoms with Crippen LogP contribution in [-0.2, 0) is 0 Å². The third kappa shape index (κ3) is 2.73. The minimum absolute atomic E-state index is 0.0499. The number of carbonyl (C=O) groups excluding carboxylic acids is 1. The van der Waals surface area contributed by atoms with Gasteiger partial charge in [0.1, 0.15) is 0 Å². The number of hydrogen-bond acceptors (Lipinski definition) is 2. The Labute approximate surface area is 108 Å². The Morgan fingerprint density at radius 1 is 1.32 bits per heavy atom. The van der Waals surface area contributed by atoms with E-state index < -0.39 is 28.9 Å². The molecule has 1 aliphatic rings. The zero-order valence-electron chi connectivity index (χ0n) is 10.2. The maximum absolute atomic E-state index is 13.5. The number of aliphatic hydroxyl groups excluding tert-OH is 1. The largest absolute Gasteiger partial charge is 0.396 e. The zero-order valence-corrected chi connectivity index (χ0v) is 10.2. The fourth-order valence-electron chi connectivity index (χ4n) is 2.26. The maximum atomic E-state index is 13.5. The van der Waals surface area contributed by atoms with Gasteiger partial charge in [-0.05, 0) is 30.9 Å². The van der Waals surface area contributed by atoms with Gasteiger partial charge in [-0.3, -0.25) is 4.79 Å². The number of nitrogens with zero attached hydrogens (tertiary/aromatic N) is 1. The summed E-state index contributed by atoms with van der Waals surface area (Å²) in [6.07, 6.45) is 1.49. The van der Waals surface area contributed by atoms with Gasteiger partial charge in [0, 0.05) is 19.7 Å². The van der Waals surface area contributed by atoms with E-state index in [0.29, 0.717) is 19.5 Å². The number of carbonyl (C=O) groups is 1. The summed E-state index contributed by atoms with van der Waals surface area (Å²) in [6.45, 7) is 0.672. The Balaban J connectivity index is 2.22. The highest BCUT2D eigenvalue weighted by Gasteiger charge is 2.27. The molecule has 1 aromatic carbocycles. The van der Waals surface area contributed by atoms with Crippen molar-refractivity contribution in [1.29, 1.82) is 0 Å². The van der Waals surface area contributed by atoms with Crippen LogP contribution in [0.3, 0.4) is 0 Å². The smallest absolute Gasteiger partial charge is 0.256 e. The van der Waals surface area contributed by atoms with Crippen molar-refractivity contribution in [2.24, 2.45) is 5.92 Å². The number of benzene rings is 1. The Morgan fingerprint density at radius 3 is 2.74 bits per heavy atom. The average molecular weight is 273 g/mol. The summed E-state index contributed by atoms with van der Waals surface area (Å²) in [4.78, 5) is 13.4. The van der Waals surface area contributed by atoms with Crippen LogP contribution in [0.4, 0.5) is 13.2 Å². The van der Waals surface area contributed by atoms with Gasteiger partial charge in [0.05, 0.1) is 5.56 Å². The second kappa shape index (κ2) is 5.61. The van der Waals surface area contributed by atoms with Crippen LogP contribution in [0.15, 0.2) is 12.1 Å². The molecule has 104 valence electrons. The molecule has 3 nitrogen and oxygen atoms in total. The quantitative estimate of drug-likeness (QED) is 0.837. The number of piperidine rings is 1. The molecule has 2 rings (SSSR count). The number of amides is 1. The summed E-state index contributed by atoms with van der Waals surface area (Å²) in [5.74, 6) is -5.14. The van der Waals surface area contributed by atoms with E-state index in [4.69, 9.17) is 5.11 Å². The summed E-state index contributed by atoms with van der Waals surface area (Å²) in [5, 5.41) is 9.07. The number of rotatable bonds is 2. The first-order chi connectivity index (χ1) is 9.04. The van der Waals surface area contributed by atoms with Crippen molar-refractivity contribution in [2.75, 3.05) is 19.7 Å². The van der Waals surface area contributed by atoms with Crippen molar-refractivity contribution in [2.45, 2.75) is 12.8 Å². The number of hydrogen-bond donors (Lipinski definition) is 1. The van der Waals surface area contributed by atoms with Crippen LogP contribution in [0.5, 0.6) is 0 Å². The van der Waals surface area contributed by atoms with Crippen molar-refractivity contribution in [1.82, 2.24) is 4.90 Å². The lowest BCUT2D eigenvalue weighted by molar-refractivity contribution is 0.0615. The van der Waals surface area contributed by atoms with Crippen molar-refractivity contribution < 1.29 is 23.1 Å². The molecule has 1 amide bonds. The molecule has 6 heteroatoms. The minimum atomic E-state index is -1.64. The van der Waals surface area contributed by atoms with Gasteiger partial charge >= 0.3 is 0 Å². The fourth-order valence-corrected chi connectivity index (χ4v) is 2.26. The van der Waals surface area contributed by atoms with Crippen molar-refractivity contribution in [3.8, 4) is 0 Å². The molecule has 0 aliphatic carbocycles. The number of likely N-dealkylation sites (tertiary alicyclic amines) is 1. The second-order valence-electron chi connectivity index (χ2n) is 4.66. The summed E-state index contributed by atoms with van der Waals surface area (Å²) >= 11 is 0. The third-order valence-electron chi connectivity index (χ3n) is 3.33. The molecular weight excluding hydrogens is 259 g/mol. The summed E-state index contributed by atoms with van der Waals surface area (Å²) in [7, 11) is 0. The van der Waals surface area contributed by atoms with E-state index in [9.17, 15) is 18.0 Å². The van der Waals surface area contributed by atoms with Gasteiger partial charge in [0.2, 0.25) is 0 Å². The Hall–Kier alpha value is -1.56. The van der Waals surface area contributed by atoms with E-state index in [0.717, 1.165) is 18.6 Å². The monoisotopic (exact) mass is 273 g/mol. The van der Waals surface area contributed by atoms with Crippen LogP contribution in [0.2, 0.25) is 0 Å². The van der Waals surface area contributed by atoms with E-state index >= 15 is 0 Å². The van der Waals surface area contributed by atoms with Crippen molar-refractivity contribution in [3.63, 3.8) is 0 Å². The molecule has 0 bridgehead atoms. The number of aliphatic hydroxyl groups is 1. The van der Waals surface area contributed by atoms with Gasteiger partial charge in [-0.1, -0.05) is 0 Å². The molecule has 0 aromatic heterocycles. The molecule has 0 spiro atoms. The molecule has 0 radical (unpaired) electrons. The van der Waals surface area contributed by atoms with Gasteiger partial charge in [0.25, 0.3) is 5.91 Å². The summed E-state index contributed by atoms with van der Waals surface area (Å²) in [6, 6.07) is 1.68. The predicted octanol–water partition coefficient (Wildman–Crippen LogP) is 1.95. The van der Waals surface area contributed by atoms with E-state index in [2.05, 4.69) is 0 Å². The lowest BCUT2D eigenvalue weighted by atomic mass is 9.98. The Morgan fingerprint density at radius 2 is 2.05 bits per heavy atom.